The van der Waals surface area contributed by atoms with Crippen molar-refractivity contribution in [2.45, 2.75) is 6.54 Å². The number of fused-ring (bicyclic) bond motifs is 1. The van der Waals surface area contributed by atoms with Crippen LogP contribution < -0.4 is 5.32 Å². The fraction of sp³-hybridized carbons (Fsp3) is 0.294. The molecule has 0 unspecified atom stereocenters. The van der Waals surface area contributed by atoms with Crippen molar-refractivity contribution >= 4 is 10.8 Å². The molecule has 2 aromatic carbocycles. The predicted octanol–water partition coefficient (Wildman–Crippen LogP) is 2.29. The summed E-state index contributed by atoms with van der Waals surface area (Å²) < 4.78 is 5.44. The average molecular weight is 294 g/mol. The molecule has 0 atom stereocenters. The molecule has 2 heterocycles. The van der Waals surface area contributed by atoms with Crippen LogP contribution in [0.2, 0.25) is 0 Å². The molecule has 0 aliphatic carbocycles. The second-order valence-electron chi connectivity index (χ2n) is 5.60. The number of nitrogens with one attached hydrogen (secondary N) is 1. The van der Waals surface area contributed by atoms with Crippen molar-refractivity contribution in [1.82, 2.24) is 20.4 Å². The minimum Gasteiger partial charge on any atom is -0.334 e. The molecule has 0 radical (unpaired) electrons. The molecule has 3 aromatic rings. The van der Waals surface area contributed by atoms with Crippen LogP contribution in [0, 0.1) is 0 Å². The Labute approximate surface area is 128 Å². The Morgan fingerprint density at radius 2 is 1.86 bits per heavy atom. The van der Waals surface area contributed by atoms with Crippen LogP contribution in [0.1, 0.15) is 5.82 Å². The molecule has 0 bridgehead atoms. The number of aromatic nitrogens is 2. The van der Waals surface area contributed by atoms with Gasteiger partial charge in [0.25, 0.3) is 5.89 Å². The largest absolute Gasteiger partial charge is 0.334 e. The van der Waals surface area contributed by atoms with Crippen molar-refractivity contribution in [3.8, 4) is 11.5 Å². The summed E-state index contributed by atoms with van der Waals surface area (Å²) in [6.07, 6.45) is 0. The van der Waals surface area contributed by atoms with Crippen LogP contribution in [0.3, 0.4) is 0 Å². The summed E-state index contributed by atoms with van der Waals surface area (Å²) in [5.41, 5.74) is 0.970. The van der Waals surface area contributed by atoms with Crippen molar-refractivity contribution in [1.29, 1.82) is 0 Å². The summed E-state index contributed by atoms with van der Waals surface area (Å²) in [5.74, 6) is 1.35. The maximum Gasteiger partial charge on any atom is 0.257 e. The van der Waals surface area contributed by atoms with E-state index in [-0.39, 0.29) is 0 Å². The van der Waals surface area contributed by atoms with Gasteiger partial charge in [0.1, 0.15) is 0 Å². The van der Waals surface area contributed by atoms with Crippen molar-refractivity contribution < 1.29 is 4.52 Å². The molecule has 5 nitrogen and oxygen atoms in total. The summed E-state index contributed by atoms with van der Waals surface area (Å²) in [5, 5.41) is 9.86. The first-order valence-corrected chi connectivity index (χ1v) is 7.63. The van der Waals surface area contributed by atoms with Gasteiger partial charge in [0.15, 0.2) is 5.82 Å². The Balaban J connectivity index is 1.56. The lowest BCUT2D eigenvalue weighted by atomic mass is 10.1. The van der Waals surface area contributed by atoms with Gasteiger partial charge in [-0.15, -0.1) is 0 Å². The van der Waals surface area contributed by atoms with Crippen LogP contribution in [-0.4, -0.2) is 41.2 Å². The Morgan fingerprint density at radius 3 is 2.73 bits per heavy atom. The van der Waals surface area contributed by atoms with E-state index in [4.69, 9.17) is 4.52 Å². The third kappa shape index (κ3) is 2.73. The van der Waals surface area contributed by atoms with Crippen LogP contribution >= 0.6 is 0 Å². The van der Waals surface area contributed by atoms with Crippen LogP contribution in [0.25, 0.3) is 22.2 Å². The minimum atomic E-state index is 0.593. The molecule has 1 aliphatic heterocycles. The molecular formula is C17H18N4O. The van der Waals surface area contributed by atoms with Crippen LogP contribution in [0.4, 0.5) is 0 Å². The first-order valence-electron chi connectivity index (χ1n) is 7.63. The lowest BCUT2D eigenvalue weighted by Gasteiger charge is -2.25. The van der Waals surface area contributed by atoms with Gasteiger partial charge in [0.2, 0.25) is 0 Å². The molecular weight excluding hydrogens is 276 g/mol. The Kier molecular flexibility index (Phi) is 3.58. The Bertz CT molecular complexity index is 777. The fourth-order valence-electron chi connectivity index (χ4n) is 2.83. The summed E-state index contributed by atoms with van der Waals surface area (Å²) in [6, 6.07) is 14.5. The quantitative estimate of drug-likeness (QED) is 0.803. The van der Waals surface area contributed by atoms with Crippen molar-refractivity contribution in [3.63, 3.8) is 0 Å². The maximum atomic E-state index is 5.44. The van der Waals surface area contributed by atoms with E-state index in [1.807, 2.05) is 18.2 Å². The van der Waals surface area contributed by atoms with Crippen LogP contribution in [0.5, 0.6) is 0 Å². The first kappa shape index (κ1) is 13.4. The molecule has 1 saturated heterocycles. The zero-order valence-electron chi connectivity index (χ0n) is 12.3. The number of hydrogen-bond donors (Lipinski definition) is 1. The highest BCUT2D eigenvalue weighted by Gasteiger charge is 2.15. The zero-order valence-corrected chi connectivity index (χ0v) is 12.3. The standard InChI is InChI=1S/C17H18N4O/c1-2-4-14-11-15(6-5-13(14)3-1)17-19-16(20-22-17)12-21-9-7-18-8-10-21/h1-6,11,18H,7-10,12H2. The highest BCUT2D eigenvalue weighted by atomic mass is 16.5. The van der Waals surface area contributed by atoms with Gasteiger partial charge in [0, 0.05) is 31.7 Å². The minimum absolute atomic E-state index is 0.593. The van der Waals surface area contributed by atoms with E-state index in [1.165, 1.54) is 10.8 Å². The summed E-state index contributed by atoms with van der Waals surface area (Å²) >= 11 is 0. The van der Waals surface area contributed by atoms with E-state index in [1.54, 1.807) is 0 Å². The zero-order chi connectivity index (χ0) is 14.8. The monoisotopic (exact) mass is 294 g/mol. The summed E-state index contributed by atoms with van der Waals surface area (Å²) in [6.45, 7) is 4.85. The molecule has 22 heavy (non-hydrogen) atoms. The van der Waals surface area contributed by atoms with Gasteiger partial charge in [-0.1, -0.05) is 35.5 Å². The highest BCUT2D eigenvalue weighted by molar-refractivity contribution is 5.86. The molecule has 4 rings (SSSR count). The van der Waals surface area contributed by atoms with E-state index < -0.39 is 0 Å². The third-order valence-corrected chi connectivity index (χ3v) is 4.04. The van der Waals surface area contributed by atoms with Crippen molar-refractivity contribution in [2.75, 3.05) is 26.2 Å². The number of rotatable bonds is 3. The van der Waals surface area contributed by atoms with Gasteiger partial charge < -0.3 is 9.84 Å². The lowest BCUT2D eigenvalue weighted by molar-refractivity contribution is 0.225. The molecule has 5 heteroatoms. The number of piperazine rings is 1. The molecule has 1 aliphatic rings. The smallest absolute Gasteiger partial charge is 0.257 e. The summed E-state index contributed by atoms with van der Waals surface area (Å²) in [4.78, 5) is 6.88. The van der Waals surface area contributed by atoms with Crippen LogP contribution in [0.15, 0.2) is 47.0 Å². The van der Waals surface area contributed by atoms with Gasteiger partial charge in [-0.3, -0.25) is 4.90 Å². The molecule has 0 spiro atoms. The van der Waals surface area contributed by atoms with E-state index >= 15 is 0 Å². The first-order chi connectivity index (χ1) is 10.9. The van der Waals surface area contributed by atoms with Crippen LogP contribution in [-0.2, 0) is 6.54 Å². The molecule has 0 amide bonds. The predicted molar refractivity (Wildman–Crippen MR) is 85.4 cm³/mol. The SMILES string of the molecule is c1ccc2cc(-c3nc(CN4CCNCC4)no3)ccc2c1. The maximum absolute atomic E-state index is 5.44. The second-order valence-corrected chi connectivity index (χ2v) is 5.60. The third-order valence-electron chi connectivity index (χ3n) is 4.04. The Morgan fingerprint density at radius 1 is 1.05 bits per heavy atom. The van der Waals surface area contributed by atoms with E-state index in [0.717, 1.165) is 44.1 Å². The molecule has 0 saturated carbocycles. The van der Waals surface area contributed by atoms with E-state index in [2.05, 4.69) is 44.6 Å². The second kappa shape index (κ2) is 5.87. The van der Waals surface area contributed by atoms with Gasteiger partial charge in [-0.05, 0) is 22.9 Å². The van der Waals surface area contributed by atoms with E-state index in [0.29, 0.717) is 5.89 Å². The number of hydrogen-bond acceptors (Lipinski definition) is 5. The number of benzene rings is 2. The van der Waals surface area contributed by atoms with Gasteiger partial charge in [-0.25, -0.2) is 0 Å². The number of nitrogens with zero attached hydrogens (tertiary/aromatic N) is 3. The van der Waals surface area contributed by atoms with Gasteiger partial charge in [-0.2, -0.15) is 4.98 Å². The van der Waals surface area contributed by atoms with E-state index in [9.17, 15) is 0 Å². The molecule has 1 aromatic heterocycles. The fourth-order valence-corrected chi connectivity index (χ4v) is 2.83. The normalized spacial score (nSPS) is 16.2. The lowest BCUT2D eigenvalue weighted by Crippen LogP contribution is -2.43. The Hall–Kier alpha value is -2.24. The molecule has 1 N–H and O–H groups in total. The van der Waals surface area contributed by atoms with Crippen molar-refractivity contribution in [2.24, 2.45) is 0 Å². The topological polar surface area (TPSA) is 54.2 Å². The van der Waals surface area contributed by atoms with Crippen molar-refractivity contribution in [3.05, 3.63) is 48.3 Å². The van der Waals surface area contributed by atoms with Gasteiger partial charge >= 0.3 is 0 Å². The average Bonchev–Trinajstić information content (AvgIpc) is 3.04. The molecule has 1 fully saturated rings. The summed E-state index contributed by atoms with van der Waals surface area (Å²) in [7, 11) is 0. The van der Waals surface area contributed by atoms with Gasteiger partial charge in [0.05, 0.1) is 6.54 Å². The highest BCUT2D eigenvalue weighted by Crippen LogP contribution is 2.23. The molecule has 112 valence electrons.